The number of hydrogen-bond acceptors (Lipinski definition) is 4. The quantitative estimate of drug-likeness (QED) is 0.783. The summed E-state index contributed by atoms with van der Waals surface area (Å²) in [6.07, 6.45) is 4.83. The molecule has 0 aromatic heterocycles. The summed E-state index contributed by atoms with van der Waals surface area (Å²) in [5, 5.41) is 13.9. The van der Waals surface area contributed by atoms with E-state index < -0.39 is 5.60 Å². The van der Waals surface area contributed by atoms with E-state index in [2.05, 4.69) is 17.1 Å². The molecule has 2 N–H and O–H groups in total. The first-order valence-electron chi connectivity index (χ1n) is 9.88. The van der Waals surface area contributed by atoms with Gasteiger partial charge in [0, 0.05) is 25.6 Å². The van der Waals surface area contributed by atoms with Gasteiger partial charge >= 0.3 is 0 Å². The molecule has 5 nitrogen and oxygen atoms in total. The second-order valence-corrected chi connectivity index (χ2v) is 7.86. The molecule has 1 saturated carbocycles. The molecule has 0 unspecified atom stereocenters. The molecule has 0 spiro atoms. The van der Waals surface area contributed by atoms with Crippen LogP contribution in [0.25, 0.3) is 0 Å². The van der Waals surface area contributed by atoms with Crippen molar-refractivity contribution in [3.05, 3.63) is 29.8 Å². The fourth-order valence-electron chi connectivity index (χ4n) is 4.68. The van der Waals surface area contributed by atoms with E-state index in [1.165, 1.54) is 12.0 Å². The van der Waals surface area contributed by atoms with E-state index in [9.17, 15) is 9.90 Å². The van der Waals surface area contributed by atoms with Crippen LogP contribution in [0.1, 0.15) is 38.2 Å². The summed E-state index contributed by atoms with van der Waals surface area (Å²) in [7, 11) is 1.66. The Hall–Kier alpha value is -1.59. The van der Waals surface area contributed by atoms with Gasteiger partial charge in [0.1, 0.15) is 5.75 Å². The van der Waals surface area contributed by atoms with Crippen molar-refractivity contribution in [3.8, 4) is 5.75 Å². The fraction of sp³-hybridized carbons (Fsp3) is 0.667. The van der Waals surface area contributed by atoms with Gasteiger partial charge in [0.25, 0.3) is 0 Å². The molecule has 2 fully saturated rings. The third kappa shape index (κ3) is 4.38. The van der Waals surface area contributed by atoms with Crippen LogP contribution in [0.15, 0.2) is 24.3 Å². The van der Waals surface area contributed by atoms with Crippen molar-refractivity contribution in [1.82, 2.24) is 10.2 Å². The first-order chi connectivity index (χ1) is 12.5. The fourth-order valence-corrected chi connectivity index (χ4v) is 4.68. The van der Waals surface area contributed by atoms with Crippen LogP contribution in [0, 0.1) is 11.8 Å². The number of amides is 1. The predicted molar refractivity (Wildman–Crippen MR) is 102 cm³/mol. The van der Waals surface area contributed by atoms with E-state index in [0.29, 0.717) is 24.9 Å². The Morgan fingerprint density at radius 2 is 2.12 bits per heavy atom. The molecule has 1 saturated heterocycles. The highest BCUT2D eigenvalue weighted by Crippen LogP contribution is 2.44. The van der Waals surface area contributed by atoms with E-state index in [-0.39, 0.29) is 5.91 Å². The number of carbonyl (C=O) groups excluding carboxylic acids is 1. The third-order valence-electron chi connectivity index (χ3n) is 6.27. The summed E-state index contributed by atoms with van der Waals surface area (Å²) in [6, 6.07) is 7.94. The summed E-state index contributed by atoms with van der Waals surface area (Å²) >= 11 is 0. The molecule has 1 aromatic carbocycles. The van der Waals surface area contributed by atoms with E-state index in [4.69, 9.17) is 4.74 Å². The van der Waals surface area contributed by atoms with E-state index in [1.54, 1.807) is 7.11 Å². The molecule has 1 heterocycles. The number of hydrogen-bond donors (Lipinski definition) is 2. The molecule has 3 rings (SSSR count). The average Bonchev–Trinajstić information content (AvgIpc) is 3.06. The van der Waals surface area contributed by atoms with Crippen molar-refractivity contribution in [3.63, 3.8) is 0 Å². The number of aliphatic hydroxyl groups is 1. The first kappa shape index (κ1) is 19.2. The second-order valence-electron chi connectivity index (χ2n) is 7.86. The lowest BCUT2D eigenvalue weighted by Crippen LogP contribution is -2.45. The third-order valence-corrected chi connectivity index (χ3v) is 6.27. The molecule has 0 bridgehead atoms. The molecule has 1 amide bonds. The number of nitrogens with one attached hydrogen (secondary N) is 1. The van der Waals surface area contributed by atoms with Crippen molar-refractivity contribution in [2.24, 2.45) is 11.8 Å². The van der Waals surface area contributed by atoms with Crippen molar-refractivity contribution in [1.29, 1.82) is 0 Å². The van der Waals surface area contributed by atoms with Crippen LogP contribution >= 0.6 is 0 Å². The van der Waals surface area contributed by atoms with Gasteiger partial charge in [-0.2, -0.15) is 0 Å². The highest BCUT2D eigenvalue weighted by atomic mass is 16.5. The van der Waals surface area contributed by atoms with Crippen LogP contribution in [0.2, 0.25) is 0 Å². The molecule has 144 valence electrons. The topological polar surface area (TPSA) is 61.8 Å². The second kappa shape index (κ2) is 8.40. The van der Waals surface area contributed by atoms with Gasteiger partial charge in [-0.25, -0.2) is 0 Å². The number of methoxy groups -OCH3 is 1. The Morgan fingerprint density at radius 3 is 2.81 bits per heavy atom. The maximum atomic E-state index is 12.3. The highest BCUT2D eigenvalue weighted by Gasteiger charge is 2.47. The van der Waals surface area contributed by atoms with Gasteiger partial charge in [-0.1, -0.05) is 25.5 Å². The number of likely N-dealkylation sites (tertiary alicyclic amines) is 1. The summed E-state index contributed by atoms with van der Waals surface area (Å²) in [5.41, 5.74) is 0.661. The molecule has 5 heteroatoms. The summed E-state index contributed by atoms with van der Waals surface area (Å²) < 4.78 is 5.16. The molecule has 1 aromatic rings. The standard InChI is InChI=1S/C21H32N2O3/c1-3-21(25)11-4-5-17-13-23(14-19(17)21)15-20(24)22-12-10-16-6-8-18(26-2)9-7-16/h6-9,17,19,25H,3-5,10-15H2,1-2H3,(H,22,24)/t17-,19+,21-/m0/s1. The van der Waals surface area contributed by atoms with Crippen LogP contribution in [-0.2, 0) is 11.2 Å². The number of fused-ring (bicyclic) bond motifs is 1. The van der Waals surface area contributed by atoms with E-state index in [0.717, 1.165) is 44.5 Å². The minimum absolute atomic E-state index is 0.0807. The Balaban J connectivity index is 1.42. The van der Waals surface area contributed by atoms with Crippen LogP contribution in [-0.4, -0.2) is 54.8 Å². The van der Waals surface area contributed by atoms with Crippen molar-refractivity contribution >= 4 is 5.91 Å². The van der Waals surface area contributed by atoms with Crippen molar-refractivity contribution < 1.29 is 14.6 Å². The van der Waals surface area contributed by atoms with E-state index >= 15 is 0 Å². The van der Waals surface area contributed by atoms with Crippen molar-refractivity contribution in [2.45, 2.75) is 44.6 Å². The lowest BCUT2D eigenvalue weighted by molar-refractivity contribution is -0.122. The lowest BCUT2D eigenvalue weighted by Gasteiger charge is -2.40. The van der Waals surface area contributed by atoms with Gasteiger partial charge in [0.2, 0.25) is 5.91 Å². The maximum absolute atomic E-state index is 12.3. The monoisotopic (exact) mass is 360 g/mol. The highest BCUT2D eigenvalue weighted by molar-refractivity contribution is 5.78. The molecular formula is C21H32N2O3. The zero-order chi connectivity index (χ0) is 18.6. The van der Waals surface area contributed by atoms with Crippen LogP contribution < -0.4 is 10.1 Å². The molecular weight excluding hydrogens is 328 g/mol. The van der Waals surface area contributed by atoms with Gasteiger partial charge < -0.3 is 15.2 Å². The predicted octanol–water partition coefficient (Wildman–Crippen LogP) is 2.23. The maximum Gasteiger partial charge on any atom is 0.234 e. The van der Waals surface area contributed by atoms with Gasteiger partial charge in [-0.3, -0.25) is 9.69 Å². The van der Waals surface area contributed by atoms with Gasteiger partial charge in [-0.05, 0) is 49.3 Å². The zero-order valence-electron chi connectivity index (χ0n) is 16.0. The zero-order valence-corrected chi connectivity index (χ0v) is 16.0. The Labute approximate surface area is 156 Å². The number of benzene rings is 1. The molecule has 3 atom stereocenters. The number of ether oxygens (including phenoxy) is 1. The summed E-state index contributed by atoms with van der Waals surface area (Å²) in [4.78, 5) is 14.5. The Bertz CT molecular complexity index is 604. The molecule has 26 heavy (non-hydrogen) atoms. The minimum Gasteiger partial charge on any atom is -0.497 e. The Morgan fingerprint density at radius 1 is 1.35 bits per heavy atom. The van der Waals surface area contributed by atoms with Crippen molar-refractivity contribution in [2.75, 3.05) is 33.3 Å². The number of nitrogens with zero attached hydrogens (tertiary/aromatic N) is 1. The van der Waals surface area contributed by atoms with Crippen LogP contribution in [0.4, 0.5) is 0 Å². The van der Waals surface area contributed by atoms with E-state index in [1.807, 2.05) is 24.3 Å². The number of carbonyl (C=O) groups is 1. The smallest absolute Gasteiger partial charge is 0.234 e. The van der Waals surface area contributed by atoms with Crippen LogP contribution in [0.3, 0.4) is 0 Å². The van der Waals surface area contributed by atoms with Crippen LogP contribution in [0.5, 0.6) is 5.75 Å². The molecule has 0 radical (unpaired) electrons. The number of rotatable bonds is 7. The lowest BCUT2D eigenvalue weighted by atomic mass is 9.69. The summed E-state index contributed by atoms with van der Waals surface area (Å²) in [6.45, 7) is 4.96. The largest absolute Gasteiger partial charge is 0.497 e. The normalized spacial score (nSPS) is 28.6. The Kier molecular flexibility index (Phi) is 6.20. The van der Waals surface area contributed by atoms with Gasteiger partial charge in [0.15, 0.2) is 0 Å². The average molecular weight is 360 g/mol. The first-order valence-corrected chi connectivity index (χ1v) is 9.88. The molecule has 2 aliphatic rings. The minimum atomic E-state index is -0.525. The molecule has 1 aliphatic carbocycles. The van der Waals surface area contributed by atoms with Gasteiger partial charge in [0.05, 0.1) is 19.3 Å². The summed E-state index contributed by atoms with van der Waals surface area (Å²) in [5.74, 6) is 1.80. The molecule has 1 aliphatic heterocycles. The SMILES string of the molecule is CC[C@]1(O)CCC[C@H]2CN(CC(=O)NCCc3ccc(OC)cc3)C[C@H]21. The van der Waals surface area contributed by atoms with Gasteiger partial charge in [-0.15, -0.1) is 0 Å².